The van der Waals surface area contributed by atoms with Crippen LogP contribution in [-0.2, 0) is 4.79 Å². The molecule has 1 aromatic rings. The van der Waals surface area contributed by atoms with E-state index in [1.54, 1.807) is 18.5 Å². The van der Waals surface area contributed by atoms with Gasteiger partial charge in [-0.15, -0.1) is 0 Å². The molecule has 0 radical (unpaired) electrons. The van der Waals surface area contributed by atoms with Crippen molar-refractivity contribution in [3.63, 3.8) is 0 Å². The zero-order chi connectivity index (χ0) is 9.68. The van der Waals surface area contributed by atoms with Crippen molar-refractivity contribution in [2.24, 2.45) is 0 Å². The Balaban J connectivity index is 2.59. The van der Waals surface area contributed by atoms with Crippen LogP contribution in [0.5, 0.6) is 0 Å². The van der Waals surface area contributed by atoms with E-state index in [0.29, 0.717) is 0 Å². The molecule has 1 aromatic heterocycles. The van der Waals surface area contributed by atoms with Gasteiger partial charge in [-0.25, -0.2) is 0 Å². The second kappa shape index (κ2) is 4.57. The Bertz CT molecular complexity index is 274. The maximum absolute atomic E-state index is 10.8. The number of carbonyl (C=O) groups is 1. The molecule has 0 aliphatic rings. The minimum Gasteiger partial charge on any atom is -0.387 e. The van der Waals surface area contributed by atoms with E-state index in [4.69, 9.17) is 5.11 Å². The van der Waals surface area contributed by atoms with Crippen LogP contribution >= 0.6 is 0 Å². The van der Waals surface area contributed by atoms with E-state index in [2.05, 4.69) is 10.3 Å². The SMILES string of the molecule is CC(NC(=O)CO)c1cccnc1. The van der Waals surface area contributed by atoms with E-state index in [-0.39, 0.29) is 11.9 Å². The highest BCUT2D eigenvalue weighted by Crippen LogP contribution is 2.08. The Kier molecular flexibility index (Phi) is 3.40. The number of nitrogens with zero attached hydrogens (tertiary/aromatic N) is 1. The summed E-state index contributed by atoms with van der Waals surface area (Å²) in [6.45, 7) is 1.36. The number of aromatic nitrogens is 1. The summed E-state index contributed by atoms with van der Waals surface area (Å²) in [5.74, 6) is -0.378. The first-order valence-electron chi connectivity index (χ1n) is 4.04. The van der Waals surface area contributed by atoms with Crippen LogP contribution < -0.4 is 5.32 Å². The summed E-state index contributed by atoms with van der Waals surface area (Å²) < 4.78 is 0. The lowest BCUT2D eigenvalue weighted by Crippen LogP contribution is -2.28. The van der Waals surface area contributed by atoms with E-state index in [9.17, 15) is 4.79 Å². The molecule has 4 heteroatoms. The highest BCUT2D eigenvalue weighted by atomic mass is 16.3. The van der Waals surface area contributed by atoms with Gasteiger partial charge in [0.1, 0.15) is 6.61 Å². The van der Waals surface area contributed by atoms with Crippen molar-refractivity contribution in [3.8, 4) is 0 Å². The molecule has 0 aliphatic heterocycles. The zero-order valence-corrected chi connectivity index (χ0v) is 7.40. The average Bonchev–Trinajstić information content (AvgIpc) is 2.19. The molecule has 0 fully saturated rings. The van der Waals surface area contributed by atoms with Crippen molar-refractivity contribution in [3.05, 3.63) is 30.1 Å². The Morgan fingerprint density at radius 3 is 3.08 bits per heavy atom. The van der Waals surface area contributed by atoms with Gasteiger partial charge < -0.3 is 10.4 Å². The molecular formula is C9H12N2O2. The molecule has 1 unspecified atom stereocenters. The van der Waals surface area contributed by atoms with Crippen molar-refractivity contribution < 1.29 is 9.90 Å². The molecule has 2 N–H and O–H groups in total. The van der Waals surface area contributed by atoms with Crippen LogP contribution in [0.3, 0.4) is 0 Å². The predicted octanol–water partition coefficient (Wildman–Crippen LogP) is 0.251. The maximum atomic E-state index is 10.8. The van der Waals surface area contributed by atoms with Crippen molar-refractivity contribution in [2.75, 3.05) is 6.61 Å². The number of nitrogens with one attached hydrogen (secondary N) is 1. The summed E-state index contributed by atoms with van der Waals surface area (Å²) in [7, 11) is 0. The largest absolute Gasteiger partial charge is 0.387 e. The number of pyridine rings is 1. The third kappa shape index (κ3) is 2.83. The van der Waals surface area contributed by atoms with Gasteiger partial charge in [0.15, 0.2) is 0 Å². The van der Waals surface area contributed by atoms with Crippen LogP contribution in [0.1, 0.15) is 18.5 Å². The third-order valence-corrected chi connectivity index (χ3v) is 1.71. The highest BCUT2D eigenvalue weighted by molar-refractivity contribution is 5.77. The minimum atomic E-state index is -0.482. The van der Waals surface area contributed by atoms with Crippen molar-refractivity contribution in [1.82, 2.24) is 10.3 Å². The van der Waals surface area contributed by atoms with E-state index < -0.39 is 6.61 Å². The summed E-state index contributed by atoms with van der Waals surface area (Å²) in [5.41, 5.74) is 0.921. The van der Waals surface area contributed by atoms with E-state index in [0.717, 1.165) is 5.56 Å². The number of hydrogen-bond acceptors (Lipinski definition) is 3. The summed E-state index contributed by atoms with van der Waals surface area (Å²) in [6, 6.07) is 3.56. The van der Waals surface area contributed by atoms with Crippen LogP contribution in [0, 0.1) is 0 Å². The standard InChI is InChI=1S/C9H12N2O2/c1-7(11-9(13)6-12)8-3-2-4-10-5-8/h2-5,7,12H,6H2,1H3,(H,11,13). The topological polar surface area (TPSA) is 62.2 Å². The first-order valence-corrected chi connectivity index (χ1v) is 4.04. The van der Waals surface area contributed by atoms with Gasteiger partial charge in [0, 0.05) is 12.4 Å². The van der Waals surface area contributed by atoms with E-state index >= 15 is 0 Å². The summed E-state index contributed by atoms with van der Waals surface area (Å²) in [6.07, 6.45) is 3.35. The average molecular weight is 180 g/mol. The fourth-order valence-electron chi connectivity index (χ4n) is 1.00. The van der Waals surface area contributed by atoms with Crippen LogP contribution in [-0.4, -0.2) is 22.6 Å². The molecule has 0 aromatic carbocycles. The Morgan fingerprint density at radius 1 is 1.77 bits per heavy atom. The minimum absolute atomic E-state index is 0.117. The molecule has 1 heterocycles. The van der Waals surface area contributed by atoms with Crippen LogP contribution in [0.15, 0.2) is 24.5 Å². The van der Waals surface area contributed by atoms with Gasteiger partial charge >= 0.3 is 0 Å². The van der Waals surface area contributed by atoms with Crippen molar-refractivity contribution in [2.45, 2.75) is 13.0 Å². The second-order valence-electron chi connectivity index (χ2n) is 2.73. The van der Waals surface area contributed by atoms with Crippen LogP contribution in [0.25, 0.3) is 0 Å². The zero-order valence-electron chi connectivity index (χ0n) is 7.40. The molecule has 0 aliphatic carbocycles. The van der Waals surface area contributed by atoms with Gasteiger partial charge in [-0.05, 0) is 18.6 Å². The number of aliphatic hydroxyl groups excluding tert-OH is 1. The molecular weight excluding hydrogens is 168 g/mol. The molecule has 1 atom stereocenters. The Hall–Kier alpha value is -1.42. The summed E-state index contributed by atoms with van der Waals surface area (Å²) >= 11 is 0. The number of aliphatic hydroxyl groups is 1. The molecule has 1 amide bonds. The lowest BCUT2D eigenvalue weighted by molar-refractivity contribution is -0.124. The Labute approximate surface area is 76.6 Å². The molecule has 0 bridgehead atoms. The summed E-state index contributed by atoms with van der Waals surface area (Å²) in [5, 5.41) is 11.1. The van der Waals surface area contributed by atoms with Gasteiger partial charge in [0.2, 0.25) is 5.91 Å². The molecule has 70 valence electrons. The molecule has 0 saturated heterocycles. The second-order valence-corrected chi connectivity index (χ2v) is 2.73. The molecule has 4 nitrogen and oxygen atoms in total. The molecule has 0 saturated carbocycles. The number of carbonyl (C=O) groups excluding carboxylic acids is 1. The van der Waals surface area contributed by atoms with Gasteiger partial charge in [0.05, 0.1) is 6.04 Å². The van der Waals surface area contributed by atoms with E-state index in [1.807, 2.05) is 13.0 Å². The van der Waals surface area contributed by atoms with Gasteiger partial charge in [-0.3, -0.25) is 9.78 Å². The smallest absolute Gasteiger partial charge is 0.246 e. The first-order chi connectivity index (χ1) is 6.24. The predicted molar refractivity (Wildman–Crippen MR) is 47.9 cm³/mol. The molecule has 1 rings (SSSR count). The normalized spacial score (nSPS) is 12.2. The summed E-state index contributed by atoms with van der Waals surface area (Å²) in [4.78, 5) is 14.7. The van der Waals surface area contributed by atoms with E-state index in [1.165, 1.54) is 0 Å². The third-order valence-electron chi connectivity index (χ3n) is 1.71. The van der Waals surface area contributed by atoms with Gasteiger partial charge in [0.25, 0.3) is 0 Å². The highest BCUT2D eigenvalue weighted by Gasteiger charge is 2.07. The number of rotatable bonds is 3. The Morgan fingerprint density at radius 2 is 2.54 bits per heavy atom. The van der Waals surface area contributed by atoms with Crippen LogP contribution in [0.4, 0.5) is 0 Å². The fraction of sp³-hybridized carbons (Fsp3) is 0.333. The quantitative estimate of drug-likeness (QED) is 0.701. The van der Waals surface area contributed by atoms with Crippen molar-refractivity contribution >= 4 is 5.91 Å². The maximum Gasteiger partial charge on any atom is 0.246 e. The molecule has 13 heavy (non-hydrogen) atoms. The lowest BCUT2D eigenvalue weighted by atomic mass is 10.1. The number of hydrogen-bond donors (Lipinski definition) is 2. The van der Waals surface area contributed by atoms with Crippen molar-refractivity contribution in [1.29, 1.82) is 0 Å². The fourth-order valence-corrected chi connectivity index (χ4v) is 1.00. The molecule has 0 spiro atoms. The van der Waals surface area contributed by atoms with Gasteiger partial charge in [-0.1, -0.05) is 6.07 Å². The number of amides is 1. The monoisotopic (exact) mass is 180 g/mol. The first kappa shape index (κ1) is 9.67. The van der Waals surface area contributed by atoms with Crippen LogP contribution in [0.2, 0.25) is 0 Å². The van der Waals surface area contributed by atoms with Gasteiger partial charge in [-0.2, -0.15) is 0 Å². The lowest BCUT2D eigenvalue weighted by Gasteiger charge is -2.12.